The Morgan fingerprint density at radius 3 is 2.39 bits per heavy atom. The van der Waals surface area contributed by atoms with Gasteiger partial charge in [0.25, 0.3) is 5.91 Å². The van der Waals surface area contributed by atoms with E-state index in [0.29, 0.717) is 16.6 Å². The lowest BCUT2D eigenvalue weighted by Gasteiger charge is -2.22. The number of rotatable bonds is 12. The third-order valence-electron chi connectivity index (χ3n) is 6.27. The van der Waals surface area contributed by atoms with Crippen molar-refractivity contribution in [2.24, 2.45) is 0 Å². The van der Waals surface area contributed by atoms with Gasteiger partial charge in [-0.25, -0.2) is 17.7 Å². The fourth-order valence-electron chi connectivity index (χ4n) is 4.41. The predicted octanol–water partition coefficient (Wildman–Crippen LogP) is 1.44. The molecule has 0 radical (unpaired) electrons. The van der Waals surface area contributed by atoms with Crippen LogP contribution in [0.1, 0.15) is 30.1 Å². The number of aromatic nitrogens is 1. The van der Waals surface area contributed by atoms with Crippen LogP contribution in [0.25, 0.3) is 10.8 Å². The molecule has 2 amide bonds. The van der Waals surface area contributed by atoms with Crippen LogP contribution in [0.5, 0.6) is 0 Å². The van der Waals surface area contributed by atoms with Crippen molar-refractivity contribution in [3.63, 3.8) is 0 Å². The van der Waals surface area contributed by atoms with Crippen molar-refractivity contribution in [1.82, 2.24) is 10.0 Å². The largest absolute Gasteiger partial charge is 1.00 e. The van der Waals surface area contributed by atoms with E-state index in [4.69, 9.17) is 0 Å². The maximum atomic E-state index is 13.5. The molecule has 0 aliphatic rings. The molecule has 0 aliphatic carbocycles. The molecule has 8 nitrogen and oxygen atoms in total. The maximum absolute atomic E-state index is 13.5. The van der Waals surface area contributed by atoms with Crippen LogP contribution in [0.2, 0.25) is 0 Å². The predicted molar refractivity (Wildman–Crippen MR) is 160 cm³/mol. The fraction of sp³-hybridized carbons (Fsp3) is 0.233. The summed E-state index contributed by atoms with van der Waals surface area (Å²) in [6.45, 7) is 3.16. The second-order valence-corrected chi connectivity index (χ2v) is 11.9. The standard InChI is InChI=1S/C30H31BrN4O4S.ClH/c1-2-18-34-21-24(20-25(31)22-34)30(37)35(26-11-4-3-5-12-26)19-15-29(36)32-16-17-33-40(38,39)28-14-8-10-23-9-6-7-13-27(23)28;/h3-14,20-22,33H,2,15-19H2,1H3;1H. The first-order valence-electron chi connectivity index (χ1n) is 13.1. The number of nitrogens with one attached hydrogen (secondary N) is 2. The molecule has 0 atom stereocenters. The van der Waals surface area contributed by atoms with Gasteiger partial charge < -0.3 is 22.6 Å². The molecular weight excluding hydrogens is 628 g/mol. The summed E-state index contributed by atoms with van der Waals surface area (Å²) in [5.74, 6) is -0.499. The van der Waals surface area contributed by atoms with Gasteiger partial charge in [0.15, 0.2) is 12.4 Å². The molecule has 1 aromatic heterocycles. The molecule has 4 aromatic rings. The molecule has 4 rings (SSSR count). The van der Waals surface area contributed by atoms with Gasteiger partial charge in [-0.05, 0) is 45.6 Å². The minimum atomic E-state index is -3.76. The third-order valence-corrected chi connectivity index (χ3v) is 8.22. The molecule has 11 heteroatoms. The van der Waals surface area contributed by atoms with Gasteiger partial charge in [0.05, 0.1) is 9.37 Å². The van der Waals surface area contributed by atoms with Crippen LogP contribution in [0, 0.1) is 0 Å². The third kappa shape index (κ3) is 8.59. The van der Waals surface area contributed by atoms with Crippen molar-refractivity contribution in [3.8, 4) is 0 Å². The zero-order chi connectivity index (χ0) is 28.5. The average Bonchev–Trinajstić information content (AvgIpc) is 2.95. The van der Waals surface area contributed by atoms with Crippen LogP contribution in [0.4, 0.5) is 5.69 Å². The highest BCUT2D eigenvalue weighted by Crippen LogP contribution is 2.22. The van der Waals surface area contributed by atoms with E-state index in [9.17, 15) is 18.0 Å². The number of aryl methyl sites for hydroxylation is 1. The lowest BCUT2D eigenvalue weighted by Crippen LogP contribution is -3.00. The van der Waals surface area contributed by atoms with Crippen molar-refractivity contribution in [3.05, 3.63) is 101 Å². The number of carbonyl (C=O) groups excluding carboxylic acids is 2. The summed E-state index contributed by atoms with van der Waals surface area (Å²) in [6.07, 6.45) is 4.72. The Labute approximate surface area is 255 Å². The van der Waals surface area contributed by atoms with Gasteiger partial charge in [-0.3, -0.25) is 9.59 Å². The molecule has 2 N–H and O–H groups in total. The second kappa shape index (κ2) is 15.1. The highest BCUT2D eigenvalue weighted by atomic mass is 79.9. The Kier molecular flexibility index (Phi) is 11.8. The van der Waals surface area contributed by atoms with Crippen molar-refractivity contribution in [1.29, 1.82) is 0 Å². The molecule has 0 fully saturated rings. The second-order valence-electron chi connectivity index (χ2n) is 9.25. The summed E-state index contributed by atoms with van der Waals surface area (Å²) < 4.78 is 31.1. The zero-order valence-electron chi connectivity index (χ0n) is 22.6. The first-order valence-corrected chi connectivity index (χ1v) is 15.4. The first kappa shape index (κ1) is 32.2. The number of hydrogen-bond donors (Lipinski definition) is 2. The van der Waals surface area contributed by atoms with Crippen LogP contribution in [-0.4, -0.2) is 39.9 Å². The molecule has 216 valence electrons. The lowest BCUT2D eigenvalue weighted by atomic mass is 10.1. The van der Waals surface area contributed by atoms with E-state index in [2.05, 4.69) is 32.9 Å². The molecule has 0 saturated heterocycles. The Balaban J connectivity index is 0.00000462. The number of halogens is 2. The minimum absolute atomic E-state index is 0. The number of anilines is 1. The van der Waals surface area contributed by atoms with Gasteiger partial charge in [-0.1, -0.05) is 61.5 Å². The topological polar surface area (TPSA) is 99.5 Å². The Morgan fingerprint density at radius 2 is 1.63 bits per heavy atom. The van der Waals surface area contributed by atoms with E-state index in [1.807, 2.05) is 65.5 Å². The summed E-state index contributed by atoms with van der Waals surface area (Å²) in [7, 11) is -3.76. The summed E-state index contributed by atoms with van der Waals surface area (Å²) >= 11 is 3.49. The Hall–Kier alpha value is -3.31. The minimum Gasteiger partial charge on any atom is -1.00 e. The highest BCUT2D eigenvalue weighted by Gasteiger charge is 2.22. The average molecular weight is 660 g/mol. The Bertz CT molecular complexity index is 1600. The van der Waals surface area contributed by atoms with E-state index in [1.165, 1.54) is 0 Å². The van der Waals surface area contributed by atoms with Gasteiger partial charge >= 0.3 is 0 Å². The number of sulfonamides is 1. The number of pyridine rings is 1. The SMILES string of the molecule is CCC[n+]1cc(Br)cc(C(=O)N(CCC(=O)NCCNS(=O)(=O)c2cccc3ccccc23)c2ccccc2)c1.[Cl-]. The quantitative estimate of drug-likeness (QED) is 0.178. The highest BCUT2D eigenvalue weighted by molar-refractivity contribution is 9.10. The summed E-state index contributed by atoms with van der Waals surface area (Å²) in [5, 5.41) is 4.22. The van der Waals surface area contributed by atoms with Crippen LogP contribution >= 0.6 is 15.9 Å². The monoisotopic (exact) mass is 658 g/mol. The number of para-hydroxylation sites is 1. The number of amides is 2. The summed E-state index contributed by atoms with van der Waals surface area (Å²) in [4.78, 5) is 28.0. The van der Waals surface area contributed by atoms with Gasteiger partial charge in [0, 0.05) is 43.5 Å². The fourth-order valence-corrected chi connectivity index (χ4v) is 6.18. The Morgan fingerprint density at radius 1 is 0.927 bits per heavy atom. The smallest absolute Gasteiger partial charge is 0.264 e. The van der Waals surface area contributed by atoms with Crippen LogP contribution in [0.3, 0.4) is 0 Å². The van der Waals surface area contributed by atoms with Crippen LogP contribution < -0.4 is 31.9 Å². The molecule has 0 saturated carbocycles. The van der Waals surface area contributed by atoms with Gasteiger partial charge in [0.2, 0.25) is 15.9 Å². The number of benzene rings is 3. The number of carbonyl (C=O) groups is 2. The molecule has 1 heterocycles. The number of fused-ring (bicyclic) bond motifs is 1. The maximum Gasteiger partial charge on any atom is 0.264 e. The molecule has 3 aromatic carbocycles. The molecule has 0 spiro atoms. The molecule has 0 aliphatic heterocycles. The number of hydrogen-bond acceptors (Lipinski definition) is 4. The molecule has 0 bridgehead atoms. The van der Waals surface area contributed by atoms with E-state index >= 15 is 0 Å². The van der Waals surface area contributed by atoms with E-state index in [0.717, 1.165) is 22.8 Å². The lowest BCUT2D eigenvalue weighted by molar-refractivity contribution is -0.697. The van der Waals surface area contributed by atoms with Gasteiger partial charge in [-0.15, -0.1) is 0 Å². The van der Waals surface area contributed by atoms with Crippen molar-refractivity contribution in [2.75, 3.05) is 24.5 Å². The van der Waals surface area contributed by atoms with Crippen LogP contribution in [0.15, 0.2) is 101 Å². The van der Waals surface area contributed by atoms with E-state index < -0.39 is 10.0 Å². The van der Waals surface area contributed by atoms with E-state index in [-0.39, 0.29) is 55.2 Å². The van der Waals surface area contributed by atoms with Gasteiger partial charge in [-0.2, -0.15) is 0 Å². The van der Waals surface area contributed by atoms with Gasteiger partial charge in [0.1, 0.15) is 12.1 Å². The van der Waals surface area contributed by atoms with Crippen LogP contribution in [-0.2, 0) is 21.4 Å². The molecule has 41 heavy (non-hydrogen) atoms. The molecular formula is C30H32BrClN4O4S. The first-order chi connectivity index (χ1) is 19.3. The van der Waals surface area contributed by atoms with Crippen molar-refractivity contribution < 1.29 is 35.0 Å². The zero-order valence-corrected chi connectivity index (χ0v) is 25.8. The molecule has 0 unspecified atom stereocenters. The summed E-state index contributed by atoms with van der Waals surface area (Å²) in [6, 6.07) is 23.4. The van der Waals surface area contributed by atoms with Crippen molar-refractivity contribution in [2.45, 2.75) is 31.2 Å². The van der Waals surface area contributed by atoms with E-state index in [1.54, 1.807) is 35.2 Å². The van der Waals surface area contributed by atoms with Crippen molar-refractivity contribution >= 4 is 54.2 Å². The number of nitrogens with zero attached hydrogens (tertiary/aromatic N) is 2. The summed E-state index contributed by atoms with van der Waals surface area (Å²) in [5.41, 5.74) is 1.19. The normalized spacial score (nSPS) is 11.1.